The van der Waals surface area contributed by atoms with Crippen LogP contribution in [0.4, 0.5) is 5.69 Å². The van der Waals surface area contributed by atoms with E-state index in [4.69, 9.17) is 4.74 Å². The van der Waals surface area contributed by atoms with Crippen LogP contribution in [0.2, 0.25) is 0 Å². The molecule has 0 aliphatic carbocycles. The monoisotopic (exact) mass is 234 g/mol. The molecule has 0 amide bonds. The molecule has 1 aliphatic heterocycles. The lowest BCUT2D eigenvalue weighted by Crippen LogP contribution is -2.25. The average molecular weight is 234 g/mol. The van der Waals surface area contributed by atoms with Gasteiger partial charge >= 0.3 is 0 Å². The molecule has 3 nitrogen and oxygen atoms in total. The summed E-state index contributed by atoms with van der Waals surface area (Å²) >= 11 is 0. The number of hydrogen-bond donors (Lipinski definition) is 1. The largest absolute Gasteiger partial charge is 0.378 e. The molecule has 0 radical (unpaired) electrons. The molecule has 0 saturated carbocycles. The molecule has 0 unspecified atom stereocenters. The second kappa shape index (κ2) is 6.03. The van der Waals surface area contributed by atoms with Crippen molar-refractivity contribution in [1.82, 2.24) is 5.32 Å². The van der Waals surface area contributed by atoms with E-state index in [1.54, 1.807) is 0 Å². The maximum Gasteiger partial charge on any atom is 0.0700 e. The van der Waals surface area contributed by atoms with Crippen LogP contribution in [0.15, 0.2) is 24.3 Å². The summed E-state index contributed by atoms with van der Waals surface area (Å²) in [4.78, 5) is 2.11. The number of anilines is 1. The molecule has 2 rings (SSSR count). The summed E-state index contributed by atoms with van der Waals surface area (Å²) in [6, 6.07) is 8.67. The summed E-state index contributed by atoms with van der Waals surface area (Å²) in [5, 5.41) is 3.45. The van der Waals surface area contributed by atoms with E-state index >= 15 is 0 Å². The maximum atomic E-state index is 5.57. The van der Waals surface area contributed by atoms with Gasteiger partial charge in [0.15, 0.2) is 0 Å². The highest BCUT2D eigenvalue weighted by molar-refractivity contribution is 5.45. The predicted octanol–water partition coefficient (Wildman–Crippen LogP) is 2.02. The molecule has 3 heteroatoms. The highest BCUT2D eigenvalue weighted by Gasteiger charge is 2.14. The third-order valence-electron chi connectivity index (χ3n) is 3.18. The minimum absolute atomic E-state index is 0.427. The molecular weight excluding hydrogens is 212 g/mol. The summed E-state index contributed by atoms with van der Waals surface area (Å²) in [5.41, 5.74) is 2.57. The first kappa shape index (κ1) is 12.4. The summed E-state index contributed by atoms with van der Waals surface area (Å²) < 4.78 is 5.57. The van der Waals surface area contributed by atoms with Crippen LogP contribution in [0.1, 0.15) is 18.4 Å². The maximum absolute atomic E-state index is 5.57. The van der Waals surface area contributed by atoms with Gasteiger partial charge in [-0.3, -0.25) is 0 Å². The van der Waals surface area contributed by atoms with Crippen molar-refractivity contribution in [2.45, 2.75) is 25.5 Å². The zero-order valence-electron chi connectivity index (χ0n) is 10.8. The average Bonchev–Trinajstić information content (AvgIpc) is 2.83. The van der Waals surface area contributed by atoms with Crippen LogP contribution in [-0.4, -0.2) is 33.4 Å². The lowest BCUT2D eigenvalue weighted by atomic mass is 10.2. The fraction of sp³-hybridized carbons (Fsp3) is 0.571. The summed E-state index contributed by atoms with van der Waals surface area (Å²) in [7, 11) is 4.12. The van der Waals surface area contributed by atoms with Crippen LogP contribution in [0.3, 0.4) is 0 Å². The van der Waals surface area contributed by atoms with Gasteiger partial charge in [0.25, 0.3) is 0 Å². The standard InChI is InChI=1S/C14H22N2O/c1-16(2)13-7-5-12(6-8-13)10-15-11-14-4-3-9-17-14/h5-8,14-15H,3-4,9-11H2,1-2H3/t14-/m0/s1. The Morgan fingerprint density at radius 1 is 1.29 bits per heavy atom. The quantitative estimate of drug-likeness (QED) is 0.843. The van der Waals surface area contributed by atoms with E-state index < -0.39 is 0 Å². The summed E-state index contributed by atoms with van der Waals surface area (Å²) in [5.74, 6) is 0. The van der Waals surface area contributed by atoms with Crippen LogP contribution >= 0.6 is 0 Å². The zero-order valence-corrected chi connectivity index (χ0v) is 10.8. The Labute approximate surface area is 104 Å². The Kier molecular flexibility index (Phi) is 4.40. The number of benzene rings is 1. The van der Waals surface area contributed by atoms with Gasteiger partial charge in [-0.25, -0.2) is 0 Å². The van der Waals surface area contributed by atoms with Crippen molar-refractivity contribution in [3.63, 3.8) is 0 Å². The van der Waals surface area contributed by atoms with Crippen LogP contribution in [0.5, 0.6) is 0 Å². The van der Waals surface area contributed by atoms with Crippen molar-refractivity contribution >= 4 is 5.69 Å². The van der Waals surface area contributed by atoms with Crippen LogP contribution < -0.4 is 10.2 Å². The molecule has 1 N–H and O–H groups in total. The molecule has 1 saturated heterocycles. The van der Waals surface area contributed by atoms with Gasteiger partial charge in [-0.1, -0.05) is 12.1 Å². The van der Waals surface area contributed by atoms with E-state index in [9.17, 15) is 0 Å². The fourth-order valence-electron chi connectivity index (χ4n) is 2.09. The van der Waals surface area contributed by atoms with Crippen LogP contribution in [0.25, 0.3) is 0 Å². The van der Waals surface area contributed by atoms with E-state index in [0.29, 0.717) is 6.10 Å². The molecule has 1 aromatic rings. The van der Waals surface area contributed by atoms with Gasteiger partial charge in [0.1, 0.15) is 0 Å². The minimum Gasteiger partial charge on any atom is -0.378 e. The van der Waals surface area contributed by atoms with Crippen molar-refractivity contribution in [3.8, 4) is 0 Å². The Morgan fingerprint density at radius 2 is 2.06 bits per heavy atom. The number of hydrogen-bond acceptors (Lipinski definition) is 3. The van der Waals surface area contributed by atoms with Crippen molar-refractivity contribution in [2.75, 3.05) is 32.1 Å². The third-order valence-corrected chi connectivity index (χ3v) is 3.18. The highest BCUT2D eigenvalue weighted by atomic mass is 16.5. The Balaban J connectivity index is 1.74. The smallest absolute Gasteiger partial charge is 0.0700 e. The van der Waals surface area contributed by atoms with Gasteiger partial charge in [0.05, 0.1) is 6.10 Å². The second-order valence-corrected chi connectivity index (χ2v) is 4.83. The Bertz CT molecular complexity index is 329. The second-order valence-electron chi connectivity index (χ2n) is 4.83. The van der Waals surface area contributed by atoms with E-state index in [1.807, 2.05) is 0 Å². The lowest BCUT2D eigenvalue weighted by molar-refractivity contribution is 0.110. The number of nitrogens with zero attached hydrogens (tertiary/aromatic N) is 1. The lowest BCUT2D eigenvalue weighted by Gasteiger charge is -2.14. The molecule has 0 spiro atoms. The Hall–Kier alpha value is -1.06. The molecule has 0 aromatic heterocycles. The normalized spacial score (nSPS) is 19.5. The van der Waals surface area contributed by atoms with Crippen molar-refractivity contribution in [1.29, 1.82) is 0 Å². The van der Waals surface area contributed by atoms with Gasteiger partial charge in [-0.15, -0.1) is 0 Å². The zero-order chi connectivity index (χ0) is 12.1. The van der Waals surface area contributed by atoms with Gasteiger partial charge in [0.2, 0.25) is 0 Å². The van der Waals surface area contributed by atoms with E-state index in [2.05, 4.69) is 48.6 Å². The third kappa shape index (κ3) is 3.72. The SMILES string of the molecule is CN(C)c1ccc(CNC[C@@H]2CCCO2)cc1. The minimum atomic E-state index is 0.427. The van der Waals surface area contributed by atoms with Crippen molar-refractivity contribution in [2.24, 2.45) is 0 Å². The predicted molar refractivity (Wildman–Crippen MR) is 71.4 cm³/mol. The van der Waals surface area contributed by atoms with Crippen LogP contribution in [-0.2, 0) is 11.3 Å². The van der Waals surface area contributed by atoms with Crippen molar-refractivity contribution < 1.29 is 4.74 Å². The molecule has 1 fully saturated rings. The number of nitrogens with one attached hydrogen (secondary N) is 1. The topological polar surface area (TPSA) is 24.5 Å². The van der Waals surface area contributed by atoms with Gasteiger partial charge in [-0.2, -0.15) is 0 Å². The number of rotatable bonds is 5. The fourth-order valence-corrected chi connectivity index (χ4v) is 2.09. The molecule has 1 heterocycles. The molecule has 1 aliphatic rings. The van der Waals surface area contributed by atoms with E-state index in [-0.39, 0.29) is 0 Å². The van der Waals surface area contributed by atoms with Gasteiger partial charge < -0.3 is 15.0 Å². The molecule has 94 valence electrons. The Morgan fingerprint density at radius 3 is 2.65 bits per heavy atom. The molecule has 1 atom stereocenters. The van der Waals surface area contributed by atoms with Crippen molar-refractivity contribution in [3.05, 3.63) is 29.8 Å². The van der Waals surface area contributed by atoms with Gasteiger partial charge in [-0.05, 0) is 30.5 Å². The summed E-state index contributed by atoms with van der Waals surface area (Å²) in [6.07, 6.45) is 2.84. The molecule has 0 bridgehead atoms. The highest BCUT2D eigenvalue weighted by Crippen LogP contribution is 2.13. The molecule has 1 aromatic carbocycles. The molecule has 17 heavy (non-hydrogen) atoms. The van der Waals surface area contributed by atoms with Gasteiger partial charge in [0, 0.05) is 39.5 Å². The number of ether oxygens (including phenoxy) is 1. The first-order valence-electron chi connectivity index (χ1n) is 6.34. The first-order valence-corrected chi connectivity index (χ1v) is 6.34. The van der Waals surface area contributed by atoms with E-state index in [0.717, 1.165) is 19.7 Å². The van der Waals surface area contributed by atoms with Crippen LogP contribution in [0, 0.1) is 0 Å². The summed E-state index contributed by atoms with van der Waals surface area (Å²) in [6.45, 7) is 2.83. The molecular formula is C14H22N2O. The first-order chi connectivity index (χ1) is 8.25. The van der Waals surface area contributed by atoms with E-state index in [1.165, 1.54) is 24.1 Å².